The molecule has 0 atom stereocenters. The second kappa shape index (κ2) is 5.16. The Morgan fingerprint density at radius 1 is 1.21 bits per heavy atom. The zero-order valence-electron chi connectivity index (χ0n) is 9.29. The number of nitrogens with zero attached hydrogens (tertiary/aromatic N) is 1. The van der Waals surface area contributed by atoms with E-state index in [-0.39, 0.29) is 0 Å². The first-order valence-corrected chi connectivity index (χ1v) is 8.54. The monoisotopic (exact) mass is 371 g/mol. The predicted molar refractivity (Wildman–Crippen MR) is 83.4 cm³/mol. The topological polar surface area (TPSA) is 50.2 Å². The normalized spacial score (nSPS) is 10.8. The Labute approximate surface area is 129 Å². The van der Waals surface area contributed by atoms with Gasteiger partial charge < -0.3 is 5.11 Å². The number of halogens is 1. The molecule has 0 aliphatic rings. The fraction of sp³-hybridized carbons (Fsp3) is 0. The molecule has 0 saturated heterocycles. The van der Waals surface area contributed by atoms with E-state index in [4.69, 9.17) is 5.11 Å². The first-order chi connectivity index (χ1) is 9.13. The van der Waals surface area contributed by atoms with Gasteiger partial charge in [-0.3, -0.25) is 0 Å². The fourth-order valence-electron chi connectivity index (χ4n) is 1.51. The number of carboxylic acids is 1. The molecule has 0 aliphatic heterocycles. The Morgan fingerprint density at radius 3 is 2.68 bits per heavy atom. The molecule has 3 aromatic rings. The molecule has 3 rings (SSSR count). The van der Waals surface area contributed by atoms with E-state index in [0.29, 0.717) is 5.56 Å². The smallest absolute Gasteiger partial charge is 0.336 e. The van der Waals surface area contributed by atoms with Crippen molar-refractivity contribution < 1.29 is 9.90 Å². The number of thiazole rings is 1. The molecule has 0 unspecified atom stereocenters. The van der Waals surface area contributed by atoms with Gasteiger partial charge in [-0.2, -0.15) is 0 Å². The van der Waals surface area contributed by atoms with Crippen LogP contribution in [0.3, 0.4) is 0 Å². The maximum absolute atomic E-state index is 10.9. The standard InChI is InChI=1S/C12H6BrNO2S3/c13-10-2-1-8(19-10)11-14-7(5-18-11)9-3-6(4-17-9)12(15)16/h1-5H,(H,15,16). The molecule has 3 nitrogen and oxygen atoms in total. The molecule has 0 aliphatic carbocycles. The van der Waals surface area contributed by atoms with Gasteiger partial charge >= 0.3 is 5.97 Å². The van der Waals surface area contributed by atoms with Crippen molar-refractivity contribution in [2.24, 2.45) is 0 Å². The van der Waals surface area contributed by atoms with E-state index in [2.05, 4.69) is 20.9 Å². The number of hydrogen-bond acceptors (Lipinski definition) is 5. The molecular formula is C12H6BrNO2S3. The summed E-state index contributed by atoms with van der Waals surface area (Å²) in [4.78, 5) is 17.4. The molecule has 0 aromatic carbocycles. The van der Waals surface area contributed by atoms with Crippen LogP contribution in [-0.2, 0) is 0 Å². The lowest BCUT2D eigenvalue weighted by atomic mass is 10.3. The Bertz CT molecular complexity index is 744. The molecule has 96 valence electrons. The molecule has 0 spiro atoms. The third-order valence-corrected chi connectivity index (χ3v) is 5.97. The molecule has 0 saturated carbocycles. The lowest BCUT2D eigenvalue weighted by Crippen LogP contribution is -1.91. The molecule has 0 fully saturated rings. The van der Waals surface area contributed by atoms with Gasteiger partial charge in [-0.1, -0.05) is 0 Å². The second-order valence-corrected chi connectivity index (χ2v) is 7.88. The first kappa shape index (κ1) is 13.0. The molecule has 0 amide bonds. The number of rotatable bonds is 3. The van der Waals surface area contributed by atoms with Crippen LogP contribution in [0.4, 0.5) is 0 Å². The first-order valence-electron chi connectivity index (χ1n) is 5.17. The number of hydrogen-bond donors (Lipinski definition) is 1. The SMILES string of the molecule is O=C(O)c1csc(-c2csc(-c3ccc(Br)s3)n2)c1. The summed E-state index contributed by atoms with van der Waals surface area (Å²) in [6.45, 7) is 0. The van der Waals surface area contributed by atoms with Crippen molar-refractivity contribution in [1.29, 1.82) is 0 Å². The molecular weight excluding hydrogens is 366 g/mol. The van der Waals surface area contributed by atoms with Crippen molar-refractivity contribution in [3.63, 3.8) is 0 Å². The van der Waals surface area contributed by atoms with E-state index in [1.807, 2.05) is 17.5 Å². The summed E-state index contributed by atoms with van der Waals surface area (Å²) in [6, 6.07) is 5.68. The molecule has 1 N–H and O–H groups in total. The minimum absolute atomic E-state index is 0.313. The average Bonchev–Trinajstić information content (AvgIpc) is 3.07. The quantitative estimate of drug-likeness (QED) is 0.699. The predicted octanol–water partition coefficient (Wildman–Crippen LogP) is 5.06. The van der Waals surface area contributed by atoms with Crippen LogP contribution in [0.25, 0.3) is 20.5 Å². The summed E-state index contributed by atoms with van der Waals surface area (Å²) in [7, 11) is 0. The van der Waals surface area contributed by atoms with Gasteiger partial charge in [0.15, 0.2) is 0 Å². The lowest BCUT2D eigenvalue weighted by Gasteiger charge is -1.89. The Balaban J connectivity index is 1.94. The van der Waals surface area contributed by atoms with Crippen LogP contribution in [0.15, 0.2) is 32.7 Å². The molecule has 7 heteroatoms. The van der Waals surface area contributed by atoms with Gasteiger partial charge in [0.25, 0.3) is 0 Å². The van der Waals surface area contributed by atoms with Crippen molar-refractivity contribution in [1.82, 2.24) is 4.98 Å². The summed E-state index contributed by atoms with van der Waals surface area (Å²) < 4.78 is 1.07. The highest BCUT2D eigenvalue weighted by molar-refractivity contribution is 9.11. The summed E-state index contributed by atoms with van der Waals surface area (Å²) in [5, 5.41) is 13.5. The lowest BCUT2D eigenvalue weighted by molar-refractivity contribution is 0.0697. The third kappa shape index (κ3) is 2.64. The molecule has 19 heavy (non-hydrogen) atoms. The molecule has 3 heterocycles. The van der Waals surface area contributed by atoms with Gasteiger partial charge in [-0.15, -0.1) is 34.0 Å². The van der Waals surface area contributed by atoms with Crippen LogP contribution < -0.4 is 0 Å². The molecule has 0 radical (unpaired) electrons. The minimum Gasteiger partial charge on any atom is -0.478 e. The second-order valence-electron chi connectivity index (χ2n) is 3.65. The maximum atomic E-state index is 10.9. The van der Waals surface area contributed by atoms with Gasteiger partial charge in [-0.05, 0) is 34.1 Å². The maximum Gasteiger partial charge on any atom is 0.336 e. The van der Waals surface area contributed by atoms with Crippen molar-refractivity contribution in [2.75, 3.05) is 0 Å². The number of aromatic carboxylic acids is 1. The zero-order valence-corrected chi connectivity index (χ0v) is 13.3. The largest absolute Gasteiger partial charge is 0.478 e. The zero-order chi connectivity index (χ0) is 13.4. The minimum atomic E-state index is -0.903. The van der Waals surface area contributed by atoms with Crippen LogP contribution in [0.2, 0.25) is 0 Å². The summed E-state index contributed by atoms with van der Waals surface area (Å²) in [5.41, 5.74) is 1.15. The highest BCUT2D eigenvalue weighted by atomic mass is 79.9. The van der Waals surface area contributed by atoms with Crippen molar-refractivity contribution in [3.8, 4) is 20.5 Å². The van der Waals surface area contributed by atoms with E-state index in [1.54, 1.807) is 34.1 Å². The number of carboxylic acid groups (broad SMARTS) is 1. The Kier molecular flexibility index (Phi) is 3.53. The molecule has 3 aromatic heterocycles. The summed E-state index contributed by atoms with van der Waals surface area (Å²) in [6.07, 6.45) is 0. The van der Waals surface area contributed by atoms with E-state index in [0.717, 1.165) is 24.2 Å². The van der Waals surface area contributed by atoms with E-state index in [9.17, 15) is 4.79 Å². The summed E-state index contributed by atoms with van der Waals surface area (Å²) >= 11 is 8.03. The van der Waals surface area contributed by atoms with E-state index in [1.165, 1.54) is 11.3 Å². The van der Waals surface area contributed by atoms with Crippen LogP contribution in [0.1, 0.15) is 10.4 Å². The highest BCUT2D eigenvalue weighted by Gasteiger charge is 2.12. The van der Waals surface area contributed by atoms with Crippen molar-refractivity contribution in [3.05, 3.63) is 38.3 Å². The van der Waals surface area contributed by atoms with E-state index < -0.39 is 5.97 Å². The van der Waals surface area contributed by atoms with Crippen LogP contribution in [-0.4, -0.2) is 16.1 Å². The van der Waals surface area contributed by atoms with Crippen molar-refractivity contribution >= 4 is 55.9 Å². The van der Waals surface area contributed by atoms with Gasteiger partial charge in [0, 0.05) is 10.8 Å². The average molecular weight is 372 g/mol. The van der Waals surface area contributed by atoms with E-state index >= 15 is 0 Å². The molecule has 0 bridgehead atoms. The summed E-state index contributed by atoms with van der Waals surface area (Å²) in [5.74, 6) is -0.903. The van der Waals surface area contributed by atoms with Gasteiger partial charge in [0.1, 0.15) is 5.01 Å². The van der Waals surface area contributed by atoms with Gasteiger partial charge in [0.05, 0.1) is 24.8 Å². The highest BCUT2D eigenvalue weighted by Crippen LogP contribution is 2.36. The number of carbonyl (C=O) groups is 1. The Hall–Kier alpha value is -1.02. The van der Waals surface area contributed by atoms with Gasteiger partial charge in [0.2, 0.25) is 0 Å². The van der Waals surface area contributed by atoms with Crippen LogP contribution in [0.5, 0.6) is 0 Å². The van der Waals surface area contributed by atoms with Gasteiger partial charge in [-0.25, -0.2) is 9.78 Å². The Morgan fingerprint density at radius 2 is 2.05 bits per heavy atom. The van der Waals surface area contributed by atoms with Crippen LogP contribution in [0, 0.1) is 0 Å². The fourth-order valence-corrected chi connectivity index (χ4v) is 4.71. The number of thiophene rings is 2. The number of aromatic nitrogens is 1. The van der Waals surface area contributed by atoms with Crippen LogP contribution >= 0.6 is 49.9 Å². The third-order valence-electron chi connectivity index (χ3n) is 2.39. The van der Waals surface area contributed by atoms with Crippen molar-refractivity contribution in [2.45, 2.75) is 0 Å².